The van der Waals surface area contributed by atoms with Crippen LogP contribution in [0.5, 0.6) is 0 Å². The molecule has 0 saturated carbocycles. The molecule has 0 aliphatic carbocycles. The Labute approximate surface area is 98.9 Å². The average molecular weight is 252 g/mol. The Kier molecular flexibility index (Phi) is 7.96. The number of hydrogen-bond acceptors (Lipinski definition) is 7. The van der Waals surface area contributed by atoms with Crippen LogP contribution in [0.3, 0.4) is 0 Å². The number of carbonyl (C=O) groups excluding carboxylic acids is 1. The molecule has 0 bridgehead atoms. The second-order valence-electron chi connectivity index (χ2n) is 3.57. The van der Waals surface area contributed by atoms with Crippen LogP contribution in [-0.4, -0.2) is 82.6 Å². The Morgan fingerprint density at radius 3 is 2.18 bits per heavy atom. The summed E-state index contributed by atoms with van der Waals surface area (Å²) in [6.45, 7) is -0.0551. The lowest BCUT2D eigenvalue weighted by molar-refractivity contribution is -0.148. The first-order valence-electron chi connectivity index (χ1n) is 5.21. The molecule has 0 aromatic rings. The highest BCUT2D eigenvalue weighted by atomic mass is 16.4. The fraction of sp³-hybridized carbons (Fsp3) is 0.889. The summed E-state index contributed by atoms with van der Waals surface area (Å²) in [5.41, 5.74) is 0. The molecule has 0 saturated heterocycles. The lowest BCUT2D eigenvalue weighted by atomic mass is 10.0. The second kappa shape index (κ2) is 8.34. The zero-order chi connectivity index (χ0) is 13.4. The summed E-state index contributed by atoms with van der Waals surface area (Å²) >= 11 is 0. The van der Waals surface area contributed by atoms with Crippen molar-refractivity contribution >= 4 is 5.91 Å². The minimum Gasteiger partial charge on any atom is -0.394 e. The second-order valence-corrected chi connectivity index (χ2v) is 3.57. The van der Waals surface area contributed by atoms with Crippen molar-refractivity contribution in [1.29, 1.82) is 0 Å². The van der Waals surface area contributed by atoms with Gasteiger partial charge in [0.05, 0.1) is 6.61 Å². The Hall–Kier alpha value is -0.770. The number of aliphatic hydroxyl groups excluding tert-OH is 5. The van der Waals surface area contributed by atoms with Crippen LogP contribution in [0.4, 0.5) is 0 Å². The summed E-state index contributed by atoms with van der Waals surface area (Å²) in [4.78, 5) is 11.3. The average Bonchev–Trinajstić information content (AvgIpc) is 2.35. The molecule has 0 aromatic carbocycles. The van der Waals surface area contributed by atoms with Crippen LogP contribution >= 0.6 is 0 Å². The molecule has 0 aliphatic rings. The summed E-state index contributed by atoms with van der Waals surface area (Å²) in [5, 5.41) is 50.6. The van der Waals surface area contributed by atoms with E-state index in [0.717, 1.165) is 0 Å². The van der Waals surface area contributed by atoms with Gasteiger partial charge in [-0.2, -0.15) is 0 Å². The Morgan fingerprint density at radius 1 is 1.12 bits per heavy atom. The van der Waals surface area contributed by atoms with Crippen LogP contribution in [0.25, 0.3) is 0 Å². The molecule has 7 N–H and O–H groups in total. The van der Waals surface area contributed by atoms with Gasteiger partial charge >= 0.3 is 0 Å². The van der Waals surface area contributed by atoms with Gasteiger partial charge in [-0.15, -0.1) is 0 Å². The lowest BCUT2D eigenvalue weighted by Gasteiger charge is -2.24. The highest BCUT2D eigenvalue weighted by Crippen LogP contribution is 2.05. The van der Waals surface area contributed by atoms with E-state index in [-0.39, 0.29) is 6.54 Å². The van der Waals surface area contributed by atoms with E-state index >= 15 is 0 Å². The zero-order valence-corrected chi connectivity index (χ0v) is 9.58. The number of nitrogens with one attached hydrogen (secondary N) is 2. The van der Waals surface area contributed by atoms with E-state index in [1.165, 1.54) is 0 Å². The number of hydrogen-bond donors (Lipinski definition) is 7. The smallest absolute Gasteiger partial charge is 0.251 e. The molecule has 102 valence electrons. The molecule has 0 aromatic heterocycles. The quantitative estimate of drug-likeness (QED) is 0.217. The summed E-state index contributed by atoms with van der Waals surface area (Å²) < 4.78 is 0. The maximum atomic E-state index is 11.3. The third kappa shape index (κ3) is 5.39. The third-order valence-electron chi connectivity index (χ3n) is 2.20. The van der Waals surface area contributed by atoms with Crippen molar-refractivity contribution in [3.8, 4) is 0 Å². The number of aliphatic hydroxyl groups is 5. The molecule has 0 rings (SSSR count). The molecule has 8 nitrogen and oxygen atoms in total. The SMILES string of the molecule is CNCCNC(=O)C(O)C(O)C(O)C(O)CO. The van der Waals surface area contributed by atoms with E-state index in [1.54, 1.807) is 7.05 Å². The fourth-order valence-electron chi connectivity index (χ4n) is 1.09. The van der Waals surface area contributed by atoms with Gasteiger partial charge in [-0.1, -0.05) is 0 Å². The third-order valence-corrected chi connectivity index (χ3v) is 2.20. The first kappa shape index (κ1) is 16.2. The molecule has 4 atom stereocenters. The largest absolute Gasteiger partial charge is 0.394 e. The predicted molar refractivity (Wildman–Crippen MR) is 58.0 cm³/mol. The highest BCUT2D eigenvalue weighted by Gasteiger charge is 2.33. The Morgan fingerprint density at radius 2 is 1.71 bits per heavy atom. The van der Waals surface area contributed by atoms with Crippen molar-refractivity contribution in [3.05, 3.63) is 0 Å². The van der Waals surface area contributed by atoms with E-state index in [1.807, 2.05) is 0 Å². The summed E-state index contributed by atoms with van der Waals surface area (Å²) in [6, 6.07) is 0. The van der Waals surface area contributed by atoms with Gasteiger partial charge in [-0.3, -0.25) is 4.79 Å². The van der Waals surface area contributed by atoms with E-state index in [0.29, 0.717) is 6.54 Å². The van der Waals surface area contributed by atoms with Crippen LogP contribution < -0.4 is 10.6 Å². The number of likely N-dealkylation sites (N-methyl/N-ethyl adjacent to an activating group) is 1. The maximum absolute atomic E-state index is 11.3. The van der Waals surface area contributed by atoms with E-state index in [9.17, 15) is 20.1 Å². The van der Waals surface area contributed by atoms with Crippen LogP contribution in [0.1, 0.15) is 0 Å². The van der Waals surface area contributed by atoms with E-state index in [4.69, 9.17) is 10.2 Å². The first-order valence-corrected chi connectivity index (χ1v) is 5.21. The van der Waals surface area contributed by atoms with Gasteiger partial charge in [-0.05, 0) is 7.05 Å². The van der Waals surface area contributed by atoms with Crippen LogP contribution in [-0.2, 0) is 4.79 Å². The molecule has 0 heterocycles. The monoisotopic (exact) mass is 252 g/mol. The van der Waals surface area contributed by atoms with Crippen molar-refractivity contribution in [2.45, 2.75) is 24.4 Å². The summed E-state index contributed by atoms with van der Waals surface area (Å²) in [7, 11) is 1.68. The zero-order valence-electron chi connectivity index (χ0n) is 9.58. The van der Waals surface area contributed by atoms with Gasteiger partial charge in [-0.25, -0.2) is 0 Å². The van der Waals surface area contributed by atoms with Crippen molar-refractivity contribution in [3.63, 3.8) is 0 Å². The summed E-state index contributed by atoms with van der Waals surface area (Å²) in [6.07, 6.45) is -7.16. The minimum absolute atomic E-state index is 0.248. The van der Waals surface area contributed by atoms with Crippen molar-refractivity contribution < 1.29 is 30.3 Å². The van der Waals surface area contributed by atoms with Gasteiger partial charge < -0.3 is 36.2 Å². The van der Waals surface area contributed by atoms with Crippen molar-refractivity contribution in [2.24, 2.45) is 0 Å². The first-order chi connectivity index (χ1) is 7.95. The number of rotatable bonds is 8. The van der Waals surface area contributed by atoms with Gasteiger partial charge in [0.2, 0.25) is 0 Å². The lowest BCUT2D eigenvalue weighted by Crippen LogP contribution is -2.52. The molecule has 0 aliphatic heterocycles. The number of amides is 1. The molecule has 0 spiro atoms. The molecule has 1 amide bonds. The maximum Gasteiger partial charge on any atom is 0.251 e. The topological polar surface area (TPSA) is 142 Å². The molecule has 8 heteroatoms. The summed E-state index contributed by atoms with van der Waals surface area (Å²) in [5.74, 6) is -0.864. The standard InChI is InChI=1S/C9H20N2O6/c1-10-2-3-11-9(17)8(16)7(15)6(14)5(13)4-12/h5-8,10,12-16H,2-4H2,1H3,(H,11,17). The number of carbonyl (C=O) groups is 1. The normalized spacial score (nSPS) is 18.2. The fourth-order valence-corrected chi connectivity index (χ4v) is 1.09. The molecular formula is C9H20N2O6. The molecule has 17 heavy (non-hydrogen) atoms. The molecule has 4 unspecified atom stereocenters. The van der Waals surface area contributed by atoms with Crippen LogP contribution in [0.15, 0.2) is 0 Å². The van der Waals surface area contributed by atoms with Gasteiger partial charge in [0.1, 0.15) is 18.3 Å². The van der Waals surface area contributed by atoms with Crippen LogP contribution in [0.2, 0.25) is 0 Å². The molecular weight excluding hydrogens is 232 g/mol. The molecule has 0 radical (unpaired) electrons. The van der Waals surface area contributed by atoms with Crippen molar-refractivity contribution in [2.75, 3.05) is 26.7 Å². The van der Waals surface area contributed by atoms with E-state index < -0.39 is 36.9 Å². The van der Waals surface area contributed by atoms with Crippen LogP contribution in [0, 0.1) is 0 Å². The van der Waals surface area contributed by atoms with Crippen molar-refractivity contribution in [1.82, 2.24) is 10.6 Å². The van der Waals surface area contributed by atoms with Gasteiger partial charge in [0.15, 0.2) is 6.10 Å². The van der Waals surface area contributed by atoms with Gasteiger partial charge in [0, 0.05) is 13.1 Å². The molecule has 0 fully saturated rings. The predicted octanol–water partition coefficient (Wildman–Crippen LogP) is -4.24. The highest BCUT2D eigenvalue weighted by molar-refractivity contribution is 5.81. The Balaban J connectivity index is 4.18. The van der Waals surface area contributed by atoms with Gasteiger partial charge in [0.25, 0.3) is 5.91 Å². The Bertz CT molecular complexity index is 228. The van der Waals surface area contributed by atoms with E-state index in [2.05, 4.69) is 10.6 Å². The minimum atomic E-state index is -1.87.